The molecule has 224 valence electrons. The smallest absolute Gasteiger partial charge is 0.0541 e. The summed E-state index contributed by atoms with van der Waals surface area (Å²) < 4.78 is 5.21. The predicted molar refractivity (Wildman–Crippen MR) is 203 cm³/mol. The van der Waals surface area contributed by atoms with Gasteiger partial charge < -0.3 is 4.57 Å². The lowest BCUT2D eigenvalue weighted by atomic mass is 9.82. The molecule has 2 aromatic heterocycles. The quantitative estimate of drug-likeness (QED) is 0.185. The number of thiophene rings is 1. The van der Waals surface area contributed by atoms with Gasteiger partial charge in [0, 0.05) is 42.0 Å². The van der Waals surface area contributed by atoms with Gasteiger partial charge >= 0.3 is 0 Å². The van der Waals surface area contributed by atoms with Gasteiger partial charge in [-0.3, -0.25) is 0 Å². The fraction of sp³-hybridized carbons (Fsp3) is 0.111. The van der Waals surface area contributed by atoms with Crippen molar-refractivity contribution in [1.82, 2.24) is 4.57 Å². The third-order valence-electron chi connectivity index (χ3n) is 10.6. The van der Waals surface area contributed by atoms with Crippen molar-refractivity contribution in [2.45, 2.75) is 32.1 Å². The molecule has 8 aromatic rings. The summed E-state index contributed by atoms with van der Waals surface area (Å²) in [5.74, 6) is 0. The Bertz CT molecular complexity index is 2640. The van der Waals surface area contributed by atoms with Crippen molar-refractivity contribution in [3.05, 3.63) is 156 Å². The standard InChI is InChI=1S/C45H33NS/c1-45(2)37-20-19-32(27-36(37)43-38(45)21-24-42-44(43)33-15-9-10-16-41(33)47-42)46-39-22-17-30(28-11-5-3-6-12-28)25-34(39)35-26-31(18-23-40(35)46)29-13-7-4-8-14-29/h3,5-7,9-27H,4,8H2,1-2H3. The Kier molecular flexibility index (Phi) is 5.69. The molecule has 0 amide bonds. The lowest BCUT2D eigenvalue weighted by Crippen LogP contribution is -2.14. The summed E-state index contributed by atoms with van der Waals surface area (Å²) in [7, 11) is 0. The summed E-state index contributed by atoms with van der Waals surface area (Å²) in [6.45, 7) is 4.78. The second kappa shape index (κ2) is 9.91. The maximum atomic E-state index is 2.49. The van der Waals surface area contributed by atoms with Crippen LogP contribution in [0.25, 0.3) is 75.5 Å². The lowest BCUT2D eigenvalue weighted by Gasteiger charge is -2.21. The average Bonchev–Trinajstić information content (AvgIpc) is 3.73. The van der Waals surface area contributed by atoms with Crippen molar-refractivity contribution < 1.29 is 0 Å². The zero-order chi connectivity index (χ0) is 31.3. The van der Waals surface area contributed by atoms with Crippen LogP contribution in [0, 0.1) is 0 Å². The Hall–Kier alpha value is -5.18. The second-order valence-electron chi connectivity index (χ2n) is 13.6. The van der Waals surface area contributed by atoms with Gasteiger partial charge in [0.2, 0.25) is 0 Å². The first-order valence-corrected chi connectivity index (χ1v) is 17.5. The van der Waals surface area contributed by atoms with Crippen LogP contribution >= 0.6 is 11.3 Å². The predicted octanol–water partition coefficient (Wildman–Crippen LogP) is 12.9. The number of hydrogen-bond acceptors (Lipinski definition) is 1. The van der Waals surface area contributed by atoms with Crippen LogP contribution in [0.15, 0.2) is 140 Å². The Morgan fingerprint density at radius 1 is 0.596 bits per heavy atom. The van der Waals surface area contributed by atoms with Crippen LogP contribution < -0.4 is 0 Å². The Balaban J connectivity index is 1.25. The molecule has 6 aromatic carbocycles. The van der Waals surface area contributed by atoms with Crippen LogP contribution in [0.4, 0.5) is 0 Å². The molecule has 0 radical (unpaired) electrons. The van der Waals surface area contributed by atoms with Crippen molar-refractivity contribution >= 4 is 58.9 Å². The van der Waals surface area contributed by atoms with E-state index in [1.165, 1.54) is 92.2 Å². The Morgan fingerprint density at radius 3 is 2.15 bits per heavy atom. The van der Waals surface area contributed by atoms with Gasteiger partial charge in [-0.05, 0) is 106 Å². The molecule has 0 N–H and O–H groups in total. The zero-order valence-electron chi connectivity index (χ0n) is 26.5. The van der Waals surface area contributed by atoms with Crippen LogP contribution in [-0.2, 0) is 5.41 Å². The number of aromatic nitrogens is 1. The van der Waals surface area contributed by atoms with E-state index in [4.69, 9.17) is 0 Å². The molecular weight excluding hydrogens is 587 g/mol. The molecule has 0 spiro atoms. The van der Waals surface area contributed by atoms with Gasteiger partial charge in [-0.2, -0.15) is 0 Å². The first-order chi connectivity index (χ1) is 23.1. The monoisotopic (exact) mass is 619 g/mol. The van der Waals surface area contributed by atoms with E-state index in [1.807, 2.05) is 11.3 Å². The van der Waals surface area contributed by atoms with Crippen LogP contribution in [0.1, 0.15) is 43.4 Å². The van der Waals surface area contributed by atoms with E-state index in [1.54, 1.807) is 0 Å². The summed E-state index contributed by atoms with van der Waals surface area (Å²) >= 11 is 1.91. The van der Waals surface area contributed by atoms with Gasteiger partial charge in [-0.25, -0.2) is 0 Å². The Labute approximate surface area is 278 Å². The van der Waals surface area contributed by atoms with E-state index in [0.717, 1.165) is 12.8 Å². The molecule has 0 fully saturated rings. The minimum absolute atomic E-state index is 0.0675. The third-order valence-corrected chi connectivity index (χ3v) is 11.8. The highest BCUT2D eigenvalue weighted by atomic mass is 32.1. The van der Waals surface area contributed by atoms with E-state index in [2.05, 4.69) is 158 Å². The SMILES string of the molecule is CC1(C)c2ccc(-n3c4ccc(C5=CCCC=C5)cc4c4cc(-c5ccccc5)ccc43)cc2-c2c1ccc1sc3ccccc3c21. The van der Waals surface area contributed by atoms with Gasteiger partial charge in [-0.15, -0.1) is 11.3 Å². The highest BCUT2D eigenvalue weighted by molar-refractivity contribution is 7.26. The molecule has 0 unspecified atom stereocenters. The number of rotatable bonds is 3. The third kappa shape index (κ3) is 3.89. The molecule has 0 saturated carbocycles. The number of fused-ring (bicyclic) bond motifs is 10. The topological polar surface area (TPSA) is 4.93 Å². The van der Waals surface area contributed by atoms with Crippen LogP contribution in [0.3, 0.4) is 0 Å². The van der Waals surface area contributed by atoms with Crippen LogP contribution in [0.5, 0.6) is 0 Å². The van der Waals surface area contributed by atoms with Gasteiger partial charge in [-0.1, -0.05) is 105 Å². The molecule has 0 atom stereocenters. The van der Waals surface area contributed by atoms with E-state index in [9.17, 15) is 0 Å². The van der Waals surface area contributed by atoms with E-state index in [-0.39, 0.29) is 5.41 Å². The molecule has 47 heavy (non-hydrogen) atoms. The van der Waals surface area contributed by atoms with E-state index in [0.29, 0.717) is 0 Å². The van der Waals surface area contributed by atoms with Gasteiger partial charge in [0.05, 0.1) is 11.0 Å². The molecule has 1 nitrogen and oxygen atoms in total. The first kappa shape index (κ1) is 27.0. The summed E-state index contributed by atoms with van der Waals surface area (Å²) in [4.78, 5) is 0. The van der Waals surface area contributed by atoms with Crippen LogP contribution in [0.2, 0.25) is 0 Å². The fourth-order valence-corrected chi connectivity index (χ4v) is 9.42. The van der Waals surface area contributed by atoms with Gasteiger partial charge in [0.25, 0.3) is 0 Å². The van der Waals surface area contributed by atoms with Gasteiger partial charge in [0.1, 0.15) is 0 Å². The molecule has 2 heteroatoms. The number of hydrogen-bond donors (Lipinski definition) is 0. The minimum atomic E-state index is -0.0675. The van der Waals surface area contributed by atoms with Crippen molar-refractivity contribution in [3.8, 4) is 27.9 Å². The van der Waals surface area contributed by atoms with Crippen molar-refractivity contribution in [2.24, 2.45) is 0 Å². The highest BCUT2D eigenvalue weighted by Gasteiger charge is 2.37. The largest absolute Gasteiger partial charge is 0.309 e. The van der Waals surface area contributed by atoms with Gasteiger partial charge in [0.15, 0.2) is 0 Å². The summed E-state index contributed by atoms with van der Waals surface area (Å²) in [6, 6.07) is 45.7. The lowest BCUT2D eigenvalue weighted by molar-refractivity contribution is 0.661. The highest BCUT2D eigenvalue weighted by Crippen LogP contribution is 2.54. The second-order valence-corrected chi connectivity index (χ2v) is 14.7. The fourth-order valence-electron chi connectivity index (χ4n) is 8.30. The summed E-state index contributed by atoms with van der Waals surface area (Å²) in [5, 5.41) is 5.35. The number of benzene rings is 6. The molecule has 0 bridgehead atoms. The number of nitrogens with zero attached hydrogens (tertiary/aromatic N) is 1. The van der Waals surface area contributed by atoms with Crippen molar-refractivity contribution in [2.75, 3.05) is 0 Å². The Morgan fingerprint density at radius 2 is 1.34 bits per heavy atom. The average molecular weight is 620 g/mol. The van der Waals surface area contributed by atoms with E-state index >= 15 is 0 Å². The maximum absolute atomic E-state index is 2.49. The normalized spacial score (nSPS) is 15.1. The maximum Gasteiger partial charge on any atom is 0.0541 e. The summed E-state index contributed by atoms with van der Waals surface area (Å²) in [6.07, 6.45) is 9.19. The molecule has 0 saturated heterocycles. The van der Waals surface area contributed by atoms with Crippen LogP contribution in [-0.4, -0.2) is 4.57 Å². The molecule has 2 aliphatic rings. The molecule has 10 rings (SSSR count). The molecule has 2 aliphatic carbocycles. The summed E-state index contributed by atoms with van der Waals surface area (Å²) in [5.41, 5.74) is 14.3. The van der Waals surface area contributed by atoms with Crippen molar-refractivity contribution in [1.29, 1.82) is 0 Å². The van der Waals surface area contributed by atoms with E-state index < -0.39 is 0 Å². The number of allylic oxidation sites excluding steroid dienone is 4. The molecular formula is C45H33NS. The minimum Gasteiger partial charge on any atom is -0.309 e. The molecule has 2 heterocycles. The van der Waals surface area contributed by atoms with Crippen molar-refractivity contribution in [3.63, 3.8) is 0 Å². The zero-order valence-corrected chi connectivity index (χ0v) is 27.4. The first-order valence-electron chi connectivity index (χ1n) is 16.7. The molecule has 0 aliphatic heterocycles.